The van der Waals surface area contributed by atoms with Crippen LogP contribution in [0.3, 0.4) is 0 Å². The lowest BCUT2D eigenvalue weighted by molar-refractivity contribution is 1.29. The number of fused-ring (bicyclic) bond motifs is 1. The highest BCUT2D eigenvalue weighted by molar-refractivity contribution is 6.42. The van der Waals surface area contributed by atoms with E-state index in [1.54, 1.807) is 18.2 Å². The van der Waals surface area contributed by atoms with Crippen molar-refractivity contribution in [1.82, 2.24) is 4.98 Å². The summed E-state index contributed by atoms with van der Waals surface area (Å²) < 4.78 is 0. The van der Waals surface area contributed by atoms with E-state index >= 15 is 0 Å². The molecule has 4 heteroatoms. The Morgan fingerprint density at radius 3 is 2.64 bits per heavy atom. The molecular formula is C18H12Cl2N2. The van der Waals surface area contributed by atoms with Crippen LogP contribution in [0.15, 0.2) is 42.5 Å². The van der Waals surface area contributed by atoms with Crippen LogP contribution in [0, 0.1) is 18.3 Å². The summed E-state index contributed by atoms with van der Waals surface area (Å²) in [6, 6.07) is 15.5. The number of benzene rings is 2. The molecule has 0 atom stereocenters. The number of aryl methyl sites for hydroxylation is 1. The van der Waals surface area contributed by atoms with Crippen LogP contribution in [0.25, 0.3) is 22.6 Å². The van der Waals surface area contributed by atoms with Crippen molar-refractivity contribution in [2.75, 3.05) is 0 Å². The third-order valence-corrected chi connectivity index (χ3v) is 4.32. The van der Waals surface area contributed by atoms with Crippen LogP contribution in [0.5, 0.6) is 0 Å². The molecule has 0 aliphatic carbocycles. The van der Waals surface area contributed by atoms with E-state index in [1.807, 2.05) is 37.3 Å². The second-order valence-electron chi connectivity index (χ2n) is 5.01. The minimum Gasteiger partial charge on any atom is -0.358 e. The molecule has 3 aromatic rings. The zero-order chi connectivity index (χ0) is 15.7. The van der Waals surface area contributed by atoms with E-state index in [-0.39, 0.29) is 0 Å². The van der Waals surface area contributed by atoms with Gasteiger partial charge in [0.25, 0.3) is 0 Å². The van der Waals surface area contributed by atoms with E-state index in [4.69, 9.17) is 23.2 Å². The van der Waals surface area contributed by atoms with Gasteiger partial charge in [0.1, 0.15) is 0 Å². The van der Waals surface area contributed by atoms with E-state index in [2.05, 4.69) is 11.1 Å². The van der Waals surface area contributed by atoms with Crippen LogP contribution >= 0.6 is 23.2 Å². The molecule has 0 unspecified atom stereocenters. The molecule has 0 aliphatic rings. The normalized spacial score (nSPS) is 11.6. The summed E-state index contributed by atoms with van der Waals surface area (Å²) in [5.41, 5.74) is 4.39. The van der Waals surface area contributed by atoms with Gasteiger partial charge in [0.05, 0.1) is 21.7 Å². The molecule has 0 saturated heterocycles. The summed E-state index contributed by atoms with van der Waals surface area (Å²) in [6.45, 7) is 2.00. The average Bonchev–Trinajstić information content (AvgIpc) is 2.83. The molecule has 1 N–H and O–H groups in total. The van der Waals surface area contributed by atoms with Gasteiger partial charge in [-0.1, -0.05) is 47.5 Å². The van der Waals surface area contributed by atoms with E-state index in [1.165, 1.54) is 0 Å². The van der Waals surface area contributed by atoms with E-state index in [9.17, 15) is 5.26 Å². The second kappa shape index (κ2) is 5.88. The number of hydrogen-bond donors (Lipinski definition) is 1. The molecule has 1 aromatic heterocycles. The van der Waals surface area contributed by atoms with E-state index in [0.29, 0.717) is 15.6 Å². The molecule has 0 radical (unpaired) electrons. The molecule has 0 saturated carbocycles. The van der Waals surface area contributed by atoms with Gasteiger partial charge in [-0.25, -0.2) is 0 Å². The first-order chi connectivity index (χ1) is 10.6. The highest BCUT2D eigenvalue weighted by Crippen LogP contribution is 2.29. The number of H-pyrrole nitrogens is 1. The zero-order valence-electron chi connectivity index (χ0n) is 11.8. The Labute approximate surface area is 138 Å². The van der Waals surface area contributed by atoms with Gasteiger partial charge >= 0.3 is 0 Å². The Bertz CT molecular complexity index is 930. The summed E-state index contributed by atoms with van der Waals surface area (Å²) in [4.78, 5) is 3.33. The van der Waals surface area contributed by atoms with Crippen molar-refractivity contribution in [2.24, 2.45) is 0 Å². The fraction of sp³-hybridized carbons (Fsp3) is 0.0556. The maximum Gasteiger partial charge on any atom is 0.0998 e. The van der Waals surface area contributed by atoms with Gasteiger partial charge in [-0.2, -0.15) is 5.26 Å². The topological polar surface area (TPSA) is 39.6 Å². The number of rotatable bonds is 2. The van der Waals surface area contributed by atoms with Crippen LogP contribution in [0.2, 0.25) is 10.0 Å². The number of aromatic nitrogens is 1. The van der Waals surface area contributed by atoms with Crippen LogP contribution in [-0.4, -0.2) is 4.98 Å². The predicted octanol–water partition coefficient (Wildman–Crippen LogP) is 5.85. The molecule has 108 valence electrons. The van der Waals surface area contributed by atoms with Gasteiger partial charge in [0, 0.05) is 22.2 Å². The van der Waals surface area contributed by atoms with Gasteiger partial charge in [0.15, 0.2) is 0 Å². The standard InChI is InChI=1S/C18H12Cl2N2/c1-11-15(14-4-2-3-5-18(14)22-11)8-13(10-21)12-6-7-16(19)17(20)9-12/h2-9,22H,1H3/b13-8+. The quantitative estimate of drug-likeness (QED) is 0.589. The maximum absolute atomic E-state index is 9.50. The highest BCUT2D eigenvalue weighted by Gasteiger charge is 2.09. The molecule has 0 fully saturated rings. The molecule has 2 aromatic carbocycles. The minimum absolute atomic E-state index is 0.441. The second-order valence-corrected chi connectivity index (χ2v) is 5.82. The fourth-order valence-corrected chi connectivity index (χ4v) is 2.77. The molecular weight excluding hydrogens is 315 g/mol. The summed E-state index contributed by atoms with van der Waals surface area (Å²) in [6.07, 6.45) is 1.88. The highest BCUT2D eigenvalue weighted by atomic mass is 35.5. The summed E-state index contributed by atoms with van der Waals surface area (Å²) >= 11 is 12.0. The van der Waals surface area contributed by atoms with Crippen molar-refractivity contribution >= 4 is 45.8 Å². The Hall–Kier alpha value is -2.21. The average molecular weight is 327 g/mol. The fourth-order valence-electron chi connectivity index (χ4n) is 2.47. The first kappa shape index (κ1) is 14.7. The lowest BCUT2D eigenvalue weighted by Crippen LogP contribution is -1.84. The number of nitrogens with zero attached hydrogens (tertiary/aromatic N) is 1. The SMILES string of the molecule is Cc1[nH]c2ccccc2c1/C=C(\C#N)c1ccc(Cl)c(Cl)c1. The van der Waals surface area contributed by atoms with Crippen LogP contribution in [0.1, 0.15) is 16.8 Å². The van der Waals surface area contributed by atoms with Crippen LogP contribution in [0.4, 0.5) is 0 Å². The van der Waals surface area contributed by atoms with Crippen LogP contribution < -0.4 is 0 Å². The summed E-state index contributed by atoms with van der Waals surface area (Å²) in [5.74, 6) is 0. The Morgan fingerprint density at radius 2 is 1.91 bits per heavy atom. The van der Waals surface area contributed by atoms with Gasteiger partial charge in [-0.3, -0.25) is 0 Å². The summed E-state index contributed by atoms with van der Waals surface area (Å²) in [7, 11) is 0. The predicted molar refractivity (Wildman–Crippen MR) is 93.0 cm³/mol. The van der Waals surface area contributed by atoms with Crippen molar-refractivity contribution in [1.29, 1.82) is 5.26 Å². The molecule has 3 rings (SSSR count). The summed E-state index contributed by atoms with van der Waals surface area (Å²) in [5, 5.41) is 11.5. The van der Waals surface area contributed by atoms with Gasteiger partial charge < -0.3 is 4.98 Å². The first-order valence-electron chi connectivity index (χ1n) is 6.74. The monoisotopic (exact) mass is 326 g/mol. The van der Waals surface area contributed by atoms with Crippen molar-refractivity contribution in [2.45, 2.75) is 6.92 Å². The van der Waals surface area contributed by atoms with Gasteiger partial charge in [0.2, 0.25) is 0 Å². The zero-order valence-corrected chi connectivity index (χ0v) is 13.3. The van der Waals surface area contributed by atoms with E-state index in [0.717, 1.165) is 27.7 Å². The Morgan fingerprint density at radius 1 is 1.14 bits per heavy atom. The largest absolute Gasteiger partial charge is 0.358 e. The smallest absolute Gasteiger partial charge is 0.0998 e. The lowest BCUT2D eigenvalue weighted by atomic mass is 10.0. The Kier molecular flexibility index (Phi) is 3.94. The van der Waals surface area contributed by atoms with Gasteiger partial charge in [-0.05, 0) is 36.8 Å². The van der Waals surface area contributed by atoms with Crippen molar-refractivity contribution in [3.05, 3.63) is 69.3 Å². The van der Waals surface area contributed by atoms with Crippen molar-refractivity contribution in [3.8, 4) is 6.07 Å². The molecule has 1 heterocycles. The van der Waals surface area contributed by atoms with Crippen molar-refractivity contribution < 1.29 is 0 Å². The molecule has 0 amide bonds. The van der Waals surface area contributed by atoms with E-state index < -0.39 is 0 Å². The number of allylic oxidation sites excluding steroid dienone is 1. The molecule has 0 bridgehead atoms. The molecule has 0 aliphatic heterocycles. The third-order valence-electron chi connectivity index (χ3n) is 3.58. The van der Waals surface area contributed by atoms with Gasteiger partial charge in [-0.15, -0.1) is 0 Å². The maximum atomic E-state index is 9.50. The molecule has 22 heavy (non-hydrogen) atoms. The lowest BCUT2D eigenvalue weighted by Gasteiger charge is -2.02. The number of aromatic amines is 1. The first-order valence-corrected chi connectivity index (χ1v) is 7.50. The number of nitrogens with one attached hydrogen (secondary N) is 1. The van der Waals surface area contributed by atoms with Crippen molar-refractivity contribution in [3.63, 3.8) is 0 Å². The minimum atomic E-state index is 0.441. The Balaban J connectivity index is 2.17. The van der Waals surface area contributed by atoms with Crippen LogP contribution in [-0.2, 0) is 0 Å². The number of hydrogen-bond acceptors (Lipinski definition) is 1. The third kappa shape index (κ3) is 2.62. The number of para-hydroxylation sites is 1. The molecule has 2 nitrogen and oxygen atoms in total. The number of nitriles is 1. The molecule has 0 spiro atoms. The number of halogens is 2.